The van der Waals surface area contributed by atoms with Gasteiger partial charge in [-0.3, -0.25) is 18.9 Å². The Balaban J connectivity index is 1.59. The molecule has 168 valence electrons. The maximum absolute atomic E-state index is 13.6. The van der Waals surface area contributed by atoms with Crippen LogP contribution >= 0.6 is 35.7 Å². The molecule has 4 heterocycles. The molecule has 9 heteroatoms. The van der Waals surface area contributed by atoms with Crippen molar-refractivity contribution >= 4 is 63.5 Å². The fourth-order valence-corrected chi connectivity index (χ4v) is 6.12. The third kappa shape index (κ3) is 4.32. The van der Waals surface area contributed by atoms with Crippen molar-refractivity contribution in [2.45, 2.75) is 13.5 Å². The number of aryl methyl sites for hydroxylation is 1. The number of carbonyl (C=O) groups excluding carboxylic acids is 1. The second-order valence-electron chi connectivity index (χ2n) is 7.89. The molecule has 0 bridgehead atoms. The van der Waals surface area contributed by atoms with Gasteiger partial charge in [-0.25, -0.2) is 4.98 Å². The fraction of sp³-hybridized carbons (Fsp3) is 0.250. The molecule has 0 saturated carbocycles. The SMILES string of the molecule is Cc1cccn2c(=O)c(/C=C3\SC(=S)N(Cc4ccccc4)C3=O)c(N3CCSCC3)nc12. The average Bonchev–Trinajstić information content (AvgIpc) is 3.10. The van der Waals surface area contributed by atoms with Gasteiger partial charge in [0.15, 0.2) is 0 Å². The Bertz CT molecular complexity index is 1330. The number of thioether (sulfide) groups is 2. The van der Waals surface area contributed by atoms with E-state index in [1.165, 1.54) is 11.8 Å². The number of thiocarbonyl (C=S) groups is 1. The molecule has 0 unspecified atom stereocenters. The lowest BCUT2D eigenvalue weighted by Gasteiger charge is -2.29. The first kappa shape index (κ1) is 22.2. The molecular weight excluding hydrogens is 472 g/mol. The molecule has 1 aromatic carbocycles. The van der Waals surface area contributed by atoms with Gasteiger partial charge in [-0.2, -0.15) is 11.8 Å². The normalized spacial score (nSPS) is 18.0. The van der Waals surface area contributed by atoms with Crippen LogP contribution in [0.3, 0.4) is 0 Å². The molecule has 6 nitrogen and oxygen atoms in total. The number of carbonyl (C=O) groups is 1. The third-order valence-corrected chi connectivity index (χ3v) is 8.03. The minimum atomic E-state index is -0.178. The van der Waals surface area contributed by atoms with Gasteiger partial charge in [-0.1, -0.05) is 60.4 Å². The number of benzene rings is 1. The van der Waals surface area contributed by atoms with Crippen molar-refractivity contribution in [1.82, 2.24) is 14.3 Å². The second-order valence-corrected chi connectivity index (χ2v) is 10.8. The molecule has 0 spiro atoms. The number of aromatic nitrogens is 2. The van der Waals surface area contributed by atoms with Gasteiger partial charge in [0, 0.05) is 30.8 Å². The van der Waals surface area contributed by atoms with Gasteiger partial charge in [0.1, 0.15) is 15.8 Å². The van der Waals surface area contributed by atoms with Gasteiger partial charge in [0.2, 0.25) is 0 Å². The number of hydrogen-bond donors (Lipinski definition) is 0. The Morgan fingerprint density at radius 2 is 1.85 bits per heavy atom. The van der Waals surface area contributed by atoms with Crippen LogP contribution in [-0.2, 0) is 11.3 Å². The number of fused-ring (bicyclic) bond motifs is 1. The van der Waals surface area contributed by atoms with Crippen LogP contribution in [0, 0.1) is 6.92 Å². The third-order valence-electron chi connectivity index (χ3n) is 5.71. The second kappa shape index (κ2) is 9.32. The Morgan fingerprint density at radius 1 is 1.09 bits per heavy atom. The van der Waals surface area contributed by atoms with Crippen molar-refractivity contribution in [3.8, 4) is 0 Å². The van der Waals surface area contributed by atoms with Crippen molar-refractivity contribution < 1.29 is 4.79 Å². The van der Waals surface area contributed by atoms with Gasteiger partial charge in [-0.15, -0.1) is 0 Å². The lowest BCUT2D eigenvalue weighted by Crippen LogP contribution is -2.36. The van der Waals surface area contributed by atoms with Crippen LogP contribution in [0.4, 0.5) is 5.82 Å². The summed E-state index contributed by atoms with van der Waals surface area (Å²) in [5.74, 6) is 2.42. The molecule has 2 saturated heterocycles. The summed E-state index contributed by atoms with van der Waals surface area (Å²) in [5.41, 5.74) is 2.84. The smallest absolute Gasteiger partial charge is 0.267 e. The van der Waals surface area contributed by atoms with E-state index in [2.05, 4.69) is 4.90 Å². The minimum Gasteiger partial charge on any atom is -0.354 e. The zero-order chi connectivity index (χ0) is 22.9. The van der Waals surface area contributed by atoms with Gasteiger partial charge < -0.3 is 4.90 Å². The Hall–Kier alpha value is -2.62. The molecule has 0 aliphatic carbocycles. The summed E-state index contributed by atoms with van der Waals surface area (Å²) in [4.78, 5) is 35.9. The van der Waals surface area contributed by atoms with Gasteiger partial charge in [0.25, 0.3) is 11.5 Å². The van der Waals surface area contributed by atoms with E-state index < -0.39 is 0 Å². The summed E-state index contributed by atoms with van der Waals surface area (Å²) in [6.45, 7) is 3.99. The van der Waals surface area contributed by atoms with Gasteiger partial charge >= 0.3 is 0 Å². The van der Waals surface area contributed by atoms with Crippen molar-refractivity contribution in [1.29, 1.82) is 0 Å². The first-order valence-electron chi connectivity index (χ1n) is 10.7. The maximum Gasteiger partial charge on any atom is 0.267 e. The Labute approximate surface area is 205 Å². The van der Waals surface area contributed by atoms with Crippen LogP contribution in [-0.4, -0.2) is 49.1 Å². The van der Waals surface area contributed by atoms with Crippen molar-refractivity contribution in [3.63, 3.8) is 0 Å². The number of anilines is 1. The van der Waals surface area contributed by atoms with Crippen LogP contribution in [0.2, 0.25) is 0 Å². The van der Waals surface area contributed by atoms with Crippen LogP contribution in [0.15, 0.2) is 58.4 Å². The standard InChI is InChI=1S/C24H22N4O2S3/c1-16-6-5-9-27-20(16)25-21(26-10-12-32-13-11-26)18(22(27)29)14-19-23(30)28(24(31)33-19)15-17-7-3-2-4-8-17/h2-9,14H,10-13,15H2,1H3/b19-14-. The quantitative estimate of drug-likeness (QED) is 0.402. The lowest BCUT2D eigenvalue weighted by atomic mass is 10.2. The number of rotatable bonds is 4. The molecule has 5 rings (SSSR count). The predicted octanol–water partition coefficient (Wildman–Crippen LogP) is 3.96. The van der Waals surface area contributed by atoms with E-state index in [1.54, 1.807) is 21.6 Å². The molecule has 2 aliphatic rings. The first-order valence-corrected chi connectivity index (χ1v) is 13.0. The fourth-order valence-electron chi connectivity index (χ4n) is 3.98. The molecule has 2 aliphatic heterocycles. The molecular formula is C24H22N4O2S3. The topological polar surface area (TPSA) is 57.9 Å². The largest absolute Gasteiger partial charge is 0.354 e. The highest BCUT2D eigenvalue weighted by atomic mass is 32.2. The summed E-state index contributed by atoms with van der Waals surface area (Å²) < 4.78 is 2.06. The van der Waals surface area contributed by atoms with Crippen LogP contribution in [0.5, 0.6) is 0 Å². The van der Waals surface area contributed by atoms with E-state index in [1.807, 2.05) is 61.2 Å². The highest BCUT2D eigenvalue weighted by Crippen LogP contribution is 2.34. The summed E-state index contributed by atoms with van der Waals surface area (Å²) in [5, 5.41) is 0. The van der Waals surface area contributed by atoms with E-state index in [-0.39, 0.29) is 11.5 Å². The monoisotopic (exact) mass is 494 g/mol. The van der Waals surface area contributed by atoms with Crippen molar-refractivity contribution in [3.05, 3.63) is 80.6 Å². The number of pyridine rings is 1. The lowest BCUT2D eigenvalue weighted by molar-refractivity contribution is -0.122. The van der Waals surface area contributed by atoms with Crippen molar-refractivity contribution in [2.75, 3.05) is 29.5 Å². The molecule has 0 atom stereocenters. The molecule has 1 amide bonds. The zero-order valence-corrected chi connectivity index (χ0v) is 20.5. The summed E-state index contributed by atoms with van der Waals surface area (Å²) in [7, 11) is 0. The molecule has 3 aromatic rings. The Kier molecular flexibility index (Phi) is 6.27. The number of hydrogen-bond acceptors (Lipinski definition) is 7. The van der Waals surface area contributed by atoms with Crippen LogP contribution in [0.25, 0.3) is 11.7 Å². The molecule has 2 aromatic heterocycles. The minimum absolute atomic E-state index is 0.176. The summed E-state index contributed by atoms with van der Waals surface area (Å²) >= 11 is 8.64. The van der Waals surface area contributed by atoms with E-state index >= 15 is 0 Å². The maximum atomic E-state index is 13.6. The van der Waals surface area contributed by atoms with E-state index in [4.69, 9.17) is 17.2 Å². The van der Waals surface area contributed by atoms with Crippen LogP contribution < -0.4 is 10.5 Å². The van der Waals surface area contributed by atoms with Gasteiger partial charge in [-0.05, 0) is 30.2 Å². The molecule has 2 fully saturated rings. The first-order chi connectivity index (χ1) is 16.0. The van der Waals surface area contributed by atoms with E-state index in [9.17, 15) is 9.59 Å². The Morgan fingerprint density at radius 3 is 2.61 bits per heavy atom. The number of amides is 1. The predicted molar refractivity (Wildman–Crippen MR) is 141 cm³/mol. The highest BCUT2D eigenvalue weighted by Gasteiger charge is 2.33. The summed E-state index contributed by atoms with van der Waals surface area (Å²) in [6.07, 6.45) is 3.41. The molecule has 0 N–H and O–H groups in total. The van der Waals surface area contributed by atoms with Gasteiger partial charge in [0.05, 0.1) is 17.0 Å². The number of nitrogens with zero attached hydrogens (tertiary/aromatic N) is 4. The summed E-state index contributed by atoms with van der Waals surface area (Å²) in [6, 6.07) is 13.5. The average molecular weight is 495 g/mol. The van der Waals surface area contributed by atoms with E-state index in [0.29, 0.717) is 32.8 Å². The highest BCUT2D eigenvalue weighted by molar-refractivity contribution is 8.26. The molecule has 0 radical (unpaired) electrons. The van der Waals surface area contributed by atoms with Crippen molar-refractivity contribution in [2.24, 2.45) is 0 Å². The molecule has 33 heavy (non-hydrogen) atoms. The van der Waals surface area contributed by atoms with Crippen LogP contribution in [0.1, 0.15) is 16.7 Å². The zero-order valence-electron chi connectivity index (χ0n) is 18.1. The van der Waals surface area contributed by atoms with E-state index in [0.717, 1.165) is 35.7 Å².